The van der Waals surface area contributed by atoms with Crippen LogP contribution in [0, 0.1) is 28.6 Å². The minimum atomic E-state index is -1.20. The Morgan fingerprint density at radius 2 is 2.10 bits per heavy atom. The van der Waals surface area contributed by atoms with Gasteiger partial charge in [-0.25, -0.2) is 0 Å². The van der Waals surface area contributed by atoms with Crippen LogP contribution in [0.5, 0.6) is 0 Å². The zero-order valence-corrected chi connectivity index (χ0v) is 18.7. The van der Waals surface area contributed by atoms with Gasteiger partial charge in [-0.05, 0) is 56.1 Å². The van der Waals surface area contributed by atoms with Crippen LogP contribution >= 0.6 is 0 Å². The number of ketones is 2. The van der Waals surface area contributed by atoms with Crippen LogP contribution in [-0.2, 0) is 19.1 Å². The quantitative estimate of drug-likeness (QED) is 0.712. The van der Waals surface area contributed by atoms with E-state index in [2.05, 4.69) is 20.8 Å². The molecule has 1 heterocycles. The molecule has 1 saturated heterocycles. The first-order valence-corrected chi connectivity index (χ1v) is 11.8. The molecule has 2 N–H and O–H groups in total. The molecular weight excluding hydrogens is 396 g/mol. The summed E-state index contributed by atoms with van der Waals surface area (Å²) in [5.41, 5.74) is -1.05. The number of allylic oxidation sites excluding steroid dienone is 4. The standard InChI is InChI=1S/C25H34O6/c1-4-5-21-30-20-11-17-16-7-6-14-10-15(27)8-9-23(14,2)22(16)18(28)12-24(17,3)25(20,31-21)19(29)13-26/h8-10,16-18,20-22,26,28H,4-7,11-13H2,1-3H3/t16-,17-,18+,20+,21+,22-,23-,24-,25-/m0/s1. The van der Waals surface area contributed by atoms with E-state index in [0.717, 1.165) is 24.8 Å². The van der Waals surface area contributed by atoms with E-state index in [1.807, 2.05) is 6.08 Å². The lowest BCUT2D eigenvalue weighted by Gasteiger charge is -2.59. The summed E-state index contributed by atoms with van der Waals surface area (Å²) < 4.78 is 12.7. The molecule has 170 valence electrons. The topological polar surface area (TPSA) is 93.1 Å². The van der Waals surface area contributed by atoms with Crippen LogP contribution in [0.3, 0.4) is 0 Å². The molecule has 0 aromatic rings. The van der Waals surface area contributed by atoms with Gasteiger partial charge in [0.15, 0.2) is 23.5 Å². The molecule has 0 aromatic carbocycles. The fourth-order valence-corrected chi connectivity index (χ4v) is 8.12. The number of fused-ring (bicyclic) bond motifs is 7. The lowest BCUT2D eigenvalue weighted by Crippen LogP contribution is -2.63. The van der Waals surface area contributed by atoms with E-state index < -0.39 is 36.1 Å². The molecule has 6 nitrogen and oxygen atoms in total. The van der Waals surface area contributed by atoms with Crippen molar-refractivity contribution in [2.45, 2.75) is 83.4 Å². The van der Waals surface area contributed by atoms with Crippen LogP contribution in [0.15, 0.2) is 23.8 Å². The largest absolute Gasteiger partial charge is 0.393 e. The highest BCUT2D eigenvalue weighted by molar-refractivity contribution is 6.01. The number of hydrogen-bond acceptors (Lipinski definition) is 6. The van der Waals surface area contributed by atoms with E-state index in [1.54, 1.807) is 12.2 Å². The zero-order chi connectivity index (χ0) is 22.2. The highest BCUT2D eigenvalue weighted by atomic mass is 16.7. The first kappa shape index (κ1) is 21.5. The van der Waals surface area contributed by atoms with Crippen molar-refractivity contribution >= 4 is 11.6 Å². The van der Waals surface area contributed by atoms with Gasteiger partial charge in [-0.15, -0.1) is 0 Å². The summed E-state index contributed by atoms with van der Waals surface area (Å²) in [6.45, 7) is 5.67. The number of carbonyl (C=O) groups is 2. The molecule has 5 aliphatic rings. The zero-order valence-electron chi connectivity index (χ0n) is 18.7. The number of hydrogen-bond donors (Lipinski definition) is 2. The third kappa shape index (κ3) is 2.65. The second-order valence-corrected chi connectivity index (χ2v) is 10.7. The van der Waals surface area contributed by atoms with Crippen molar-refractivity contribution in [2.75, 3.05) is 6.61 Å². The molecule has 4 aliphatic carbocycles. The Balaban J connectivity index is 1.55. The molecule has 0 amide bonds. The average Bonchev–Trinajstić information content (AvgIpc) is 3.20. The predicted octanol–water partition coefficient (Wildman–Crippen LogP) is 2.72. The van der Waals surface area contributed by atoms with E-state index in [4.69, 9.17) is 9.47 Å². The molecule has 0 spiro atoms. The van der Waals surface area contributed by atoms with Crippen molar-refractivity contribution in [3.63, 3.8) is 0 Å². The Labute approximate surface area is 183 Å². The van der Waals surface area contributed by atoms with Gasteiger partial charge in [0, 0.05) is 16.7 Å². The molecule has 6 heteroatoms. The lowest BCUT2D eigenvalue weighted by atomic mass is 9.46. The van der Waals surface area contributed by atoms with Gasteiger partial charge in [-0.1, -0.05) is 38.8 Å². The van der Waals surface area contributed by atoms with Crippen molar-refractivity contribution in [1.29, 1.82) is 0 Å². The number of ether oxygens (including phenoxy) is 2. The fourth-order valence-electron chi connectivity index (χ4n) is 8.12. The molecule has 4 fully saturated rings. The molecule has 5 rings (SSSR count). The van der Waals surface area contributed by atoms with Crippen molar-refractivity contribution in [3.8, 4) is 0 Å². The van der Waals surface area contributed by atoms with E-state index in [0.29, 0.717) is 19.3 Å². The van der Waals surface area contributed by atoms with Gasteiger partial charge in [-0.2, -0.15) is 0 Å². The number of aliphatic hydroxyl groups excluding tert-OH is 2. The molecule has 0 bridgehead atoms. The Hall–Kier alpha value is -1.34. The summed E-state index contributed by atoms with van der Waals surface area (Å²) in [6.07, 6.45) is 8.31. The summed E-state index contributed by atoms with van der Waals surface area (Å²) in [6, 6.07) is 0. The molecule has 0 unspecified atom stereocenters. The van der Waals surface area contributed by atoms with E-state index in [1.165, 1.54) is 0 Å². The van der Waals surface area contributed by atoms with Gasteiger partial charge in [0.2, 0.25) is 0 Å². The van der Waals surface area contributed by atoms with Crippen molar-refractivity contribution < 1.29 is 29.3 Å². The van der Waals surface area contributed by atoms with E-state index in [-0.39, 0.29) is 34.7 Å². The maximum Gasteiger partial charge on any atom is 0.193 e. The average molecular weight is 431 g/mol. The van der Waals surface area contributed by atoms with Gasteiger partial charge in [0.25, 0.3) is 0 Å². The SMILES string of the molecule is CCC[C@@H]1O[C@@H]2C[C@H]3[C@@H]4CCC5=CC(=O)C=C[C@]5(C)[C@@H]4[C@H](O)C[C@]3(C)[C@@]2(C(=O)CO)O1. The van der Waals surface area contributed by atoms with Crippen LogP contribution in [0.4, 0.5) is 0 Å². The van der Waals surface area contributed by atoms with Crippen LogP contribution in [0.1, 0.15) is 59.3 Å². The first-order valence-electron chi connectivity index (χ1n) is 11.8. The molecule has 0 radical (unpaired) electrons. The van der Waals surface area contributed by atoms with Crippen molar-refractivity contribution in [2.24, 2.45) is 28.6 Å². The molecular formula is C25H34O6. The molecule has 3 saturated carbocycles. The molecule has 31 heavy (non-hydrogen) atoms. The van der Waals surface area contributed by atoms with Gasteiger partial charge >= 0.3 is 0 Å². The molecule has 0 aromatic heterocycles. The number of rotatable bonds is 4. The molecule has 1 aliphatic heterocycles. The van der Waals surface area contributed by atoms with Crippen LogP contribution in [0.25, 0.3) is 0 Å². The normalized spacial score (nSPS) is 50.4. The number of aliphatic hydroxyl groups is 2. The number of Topliss-reactive ketones (excluding diaryl/α,β-unsaturated/α-hetero) is 1. The highest BCUT2D eigenvalue weighted by Crippen LogP contribution is 2.69. The summed E-state index contributed by atoms with van der Waals surface area (Å²) in [5.74, 6) is 0.0274. The van der Waals surface area contributed by atoms with Crippen LogP contribution in [-0.4, -0.2) is 52.5 Å². The van der Waals surface area contributed by atoms with E-state index >= 15 is 0 Å². The molecule has 9 atom stereocenters. The summed E-state index contributed by atoms with van der Waals surface area (Å²) >= 11 is 0. The minimum absolute atomic E-state index is 0.0125. The Bertz CT molecular complexity index is 862. The van der Waals surface area contributed by atoms with Crippen molar-refractivity contribution in [3.05, 3.63) is 23.8 Å². The van der Waals surface area contributed by atoms with Crippen molar-refractivity contribution in [1.82, 2.24) is 0 Å². The highest BCUT2D eigenvalue weighted by Gasteiger charge is 2.75. The lowest BCUT2D eigenvalue weighted by molar-refractivity contribution is -0.200. The van der Waals surface area contributed by atoms with Gasteiger partial charge in [0.1, 0.15) is 6.61 Å². The van der Waals surface area contributed by atoms with Gasteiger partial charge in [0.05, 0.1) is 12.2 Å². The van der Waals surface area contributed by atoms with Gasteiger partial charge < -0.3 is 19.7 Å². The Morgan fingerprint density at radius 1 is 1.32 bits per heavy atom. The van der Waals surface area contributed by atoms with Gasteiger partial charge in [-0.3, -0.25) is 9.59 Å². The second-order valence-electron chi connectivity index (χ2n) is 10.7. The van der Waals surface area contributed by atoms with Crippen LogP contribution < -0.4 is 0 Å². The third-order valence-corrected chi connectivity index (χ3v) is 9.37. The maximum atomic E-state index is 13.2. The summed E-state index contributed by atoms with van der Waals surface area (Å²) in [4.78, 5) is 25.2. The fraction of sp³-hybridized carbons (Fsp3) is 0.760. The Kier molecular flexibility index (Phi) is 4.91. The maximum absolute atomic E-state index is 13.2. The number of carbonyl (C=O) groups excluding carboxylic acids is 2. The van der Waals surface area contributed by atoms with Crippen LogP contribution in [0.2, 0.25) is 0 Å². The Morgan fingerprint density at radius 3 is 2.81 bits per heavy atom. The second kappa shape index (κ2) is 7.08. The predicted molar refractivity (Wildman–Crippen MR) is 113 cm³/mol. The smallest absolute Gasteiger partial charge is 0.193 e. The third-order valence-electron chi connectivity index (χ3n) is 9.37. The monoisotopic (exact) mass is 430 g/mol. The van der Waals surface area contributed by atoms with E-state index in [9.17, 15) is 19.8 Å². The first-order chi connectivity index (χ1) is 14.7. The minimum Gasteiger partial charge on any atom is -0.393 e. The summed E-state index contributed by atoms with van der Waals surface area (Å²) in [5, 5.41) is 21.4. The summed E-state index contributed by atoms with van der Waals surface area (Å²) in [7, 11) is 0.